The summed E-state index contributed by atoms with van der Waals surface area (Å²) < 4.78 is 9.37. The first kappa shape index (κ1) is 13.3. The van der Waals surface area contributed by atoms with Crippen LogP contribution in [0.2, 0.25) is 0 Å². The number of ketones is 1. The summed E-state index contributed by atoms with van der Waals surface area (Å²) in [5.74, 6) is -2.83. The Hall–Kier alpha value is -2.16. The molecule has 19 heavy (non-hydrogen) atoms. The zero-order valence-electron chi connectivity index (χ0n) is 10.6. The summed E-state index contributed by atoms with van der Waals surface area (Å²) in [4.78, 5) is 35.4. The minimum absolute atomic E-state index is 0.0843. The molecule has 2 aliphatic rings. The van der Waals surface area contributed by atoms with E-state index in [2.05, 4.69) is 9.47 Å². The van der Waals surface area contributed by atoms with E-state index in [0.717, 1.165) is 0 Å². The van der Waals surface area contributed by atoms with Gasteiger partial charge in [0.25, 0.3) is 0 Å². The van der Waals surface area contributed by atoms with Gasteiger partial charge in [-0.05, 0) is 18.9 Å². The van der Waals surface area contributed by atoms with E-state index in [1.165, 1.54) is 20.3 Å². The summed E-state index contributed by atoms with van der Waals surface area (Å²) in [5.41, 5.74) is -0.761. The van der Waals surface area contributed by atoms with Crippen LogP contribution in [0.5, 0.6) is 0 Å². The molecule has 2 rings (SSSR count). The van der Waals surface area contributed by atoms with Crippen molar-refractivity contribution < 1.29 is 23.9 Å². The fourth-order valence-electron chi connectivity index (χ4n) is 2.96. The number of hydrogen-bond acceptors (Lipinski definition) is 6. The highest BCUT2D eigenvalue weighted by atomic mass is 16.5. The van der Waals surface area contributed by atoms with Crippen LogP contribution in [0.15, 0.2) is 11.6 Å². The fourth-order valence-corrected chi connectivity index (χ4v) is 2.96. The lowest BCUT2D eigenvalue weighted by Gasteiger charge is -2.23. The topological polar surface area (TPSA) is 93.5 Å². The number of ether oxygens (including phenoxy) is 2. The smallest absolute Gasteiger partial charge is 0.323 e. The van der Waals surface area contributed by atoms with Crippen molar-refractivity contribution in [1.29, 1.82) is 5.26 Å². The van der Waals surface area contributed by atoms with E-state index in [9.17, 15) is 14.4 Å². The van der Waals surface area contributed by atoms with Gasteiger partial charge in [0.1, 0.15) is 5.92 Å². The molecule has 0 aromatic heterocycles. The number of esters is 2. The van der Waals surface area contributed by atoms with E-state index < -0.39 is 29.2 Å². The lowest BCUT2D eigenvalue weighted by atomic mass is 9.82. The Morgan fingerprint density at radius 2 is 1.95 bits per heavy atom. The summed E-state index contributed by atoms with van der Waals surface area (Å²) in [5, 5.41) is 9.01. The molecule has 0 spiro atoms. The first-order valence-corrected chi connectivity index (χ1v) is 5.81. The van der Waals surface area contributed by atoms with Gasteiger partial charge in [-0.3, -0.25) is 14.4 Å². The van der Waals surface area contributed by atoms with Crippen LogP contribution >= 0.6 is 0 Å². The molecule has 0 bridgehead atoms. The number of nitriles is 1. The minimum Gasteiger partial charge on any atom is -0.468 e. The molecule has 6 heteroatoms. The van der Waals surface area contributed by atoms with Crippen molar-refractivity contribution in [1.82, 2.24) is 0 Å². The highest BCUT2D eigenvalue weighted by Crippen LogP contribution is 2.52. The standard InChI is InChI=1S/C13H13NO5/c1-18-11(16)13(12(17)19-2)4-7-3-10(15)9(6-14)8(7)5-13/h3,8-9H,4-5H2,1-2H3/t8-,9+/m0/s1. The number of allylic oxidation sites excluding steroid dienone is 2. The average molecular weight is 263 g/mol. The monoisotopic (exact) mass is 263 g/mol. The predicted octanol–water partition coefficient (Wildman–Crippen LogP) is 0.378. The molecular formula is C13H13NO5. The van der Waals surface area contributed by atoms with E-state index in [1.54, 1.807) is 0 Å². The first-order chi connectivity index (χ1) is 9.00. The maximum atomic E-state index is 11.9. The van der Waals surface area contributed by atoms with Crippen molar-refractivity contribution in [2.45, 2.75) is 12.8 Å². The average Bonchev–Trinajstić information content (AvgIpc) is 2.90. The first-order valence-electron chi connectivity index (χ1n) is 5.81. The molecule has 1 saturated carbocycles. The van der Waals surface area contributed by atoms with Crippen LogP contribution in [0.4, 0.5) is 0 Å². The SMILES string of the molecule is COC(=O)C1(C(=O)OC)CC2=CC(=O)[C@H](C#N)[C@H]2C1. The Kier molecular flexibility index (Phi) is 3.14. The Labute approximate surface area is 110 Å². The molecule has 2 atom stereocenters. The lowest BCUT2D eigenvalue weighted by Crippen LogP contribution is -2.39. The third-order valence-electron chi connectivity index (χ3n) is 3.88. The van der Waals surface area contributed by atoms with Crippen molar-refractivity contribution in [3.63, 3.8) is 0 Å². The number of methoxy groups -OCH3 is 2. The van der Waals surface area contributed by atoms with E-state index >= 15 is 0 Å². The molecule has 1 fully saturated rings. The molecular weight excluding hydrogens is 250 g/mol. The van der Waals surface area contributed by atoms with Gasteiger partial charge in [-0.15, -0.1) is 0 Å². The quantitative estimate of drug-likeness (QED) is 0.528. The van der Waals surface area contributed by atoms with Gasteiger partial charge in [-0.1, -0.05) is 5.57 Å². The summed E-state index contributed by atoms with van der Waals surface area (Å²) in [6.45, 7) is 0. The Morgan fingerprint density at radius 3 is 2.42 bits per heavy atom. The van der Waals surface area contributed by atoms with Gasteiger partial charge in [0.2, 0.25) is 0 Å². The molecule has 0 aromatic carbocycles. The minimum atomic E-state index is -1.42. The Balaban J connectivity index is 2.40. The summed E-state index contributed by atoms with van der Waals surface area (Å²) >= 11 is 0. The van der Waals surface area contributed by atoms with E-state index in [4.69, 9.17) is 5.26 Å². The zero-order chi connectivity index (χ0) is 14.2. The van der Waals surface area contributed by atoms with Crippen LogP contribution in [0.25, 0.3) is 0 Å². The van der Waals surface area contributed by atoms with Gasteiger partial charge in [0, 0.05) is 5.92 Å². The largest absolute Gasteiger partial charge is 0.468 e. The van der Waals surface area contributed by atoms with Gasteiger partial charge in [-0.2, -0.15) is 5.26 Å². The van der Waals surface area contributed by atoms with Crippen LogP contribution in [-0.2, 0) is 23.9 Å². The molecule has 0 heterocycles. The van der Waals surface area contributed by atoms with Gasteiger partial charge < -0.3 is 9.47 Å². The van der Waals surface area contributed by atoms with Crippen molar-refractivity contribution in [3.05, 3.63) is 11.6 Å². The summed E-state index contributed by atoms with van der Waals surface area (Å²) in [6.07, 6.45) is 1.54. The maximum Gasteiger partial charge on any atom is 0.323 e. The highest BCUT2D eigenvalue weighted by Gasteiger charge is 2.59. The maximum absolute atomic E-state index is 11.9. The van der Waals surface area contributed by atoms with Crippen LogP contribution in [0.1, 0.15) is 12.8 Å². The highest BCUT2D eigenvalue weighted by molar-refractivity contribution is 6.04. The number of nitrogens with zero attached hydrogens (tertiary/aromatic N) is 1. The normalized spacial score (nSPS) is 27.2. The number of rotatable bonds is 2. The van der Waals surface area contributed by atoms with Gasteiger partial charge in [-0.25, -0.2) is 0 Å². The second-order valence-corrected chi connectivity index (χ2v) is 4.78. The number of hydrogen-bond donors (Lipinski definition) is 0. The Morgan fingerprint density at radius 1 is 1.37 bits per heavy atom. The zero-order valence-corrected chi connectivity index (χ0v) is 10.6. The molecule has 0 amide bonds. The molecule has 0 saturated heterocycles. The van der Waals surface area contributed by atoms with Crippen LogP contribution in [0, 0.1) is 28.6 Å². The molecule has 0 N–H and O–H groups in total. The van der Waals surface area contributed by atoms with Crippen molar-refractivity contribution in [2.75, 3.05) is 14.2 Å². The van der Waals surface area contributed by atoms with E-state index in [0.29, 0.717) is 5.57 Å². The molecule has 0 radical (unpaired) electrons. The van der Waals surface area contributed by atoms with Crippen LogP contribution in [0.3, 0.4) is 0 Å². The van der Waals surface area contributed by atoms with Crippen molar-refractivity contribution >= 4 is 17.7 Å². The van der Waals surface area contributed by atoms with Gasteiger partial charge in [0.15, 0.2) is 11.2 Å². The van der Waals surface area contributed by atoms with Crippen molar-refractivity contribution in [3.8, 4) is 6.07 Å². The second kappa shape index (κ2) is 4.50. The van der Waals surface area contributed by atoms with Crippen LogP contribution in [-0.4, -0.2) is 31.9 Å². The molecule has 6 nitrogen and oxygen atoms in total. The lowest BCUT2D eigenvalue weighted by molar-refractivity contribution is -0.169. The number of fused-ring (bicyclic) bond motifs is 1. The fraction of sp³-hybridized carbons (Fsp3) is 0.538. The number of carbonyl (C=O) groups excluding carboxylic acids is 3. The third kappa shape index (κ3) is 1.73. The van der Waals surface area contributed by atoms with Gasteiger partial charge >= 0.3 is 11.9 Å². The predicted molar refractivity (Wildman–Crippen MR) is 61.4 cm³/mol. The third-order valence-corrected chi connectivity index (χ3v) is 3.88. The van der Waals surface area contributed by atoms with E-state index in [1.807, 2.05) is 6.07 Å². The number of carbonyl (C=O) groups is 3. The molecule has 0 aromatic rings. The molecule has 100 valence electrons. The van der Waals surface area contributed by atoms with Gasteiger partial charge in [0.05, 0.1) is 20.3 Å². The van der Waals surface area contributed by atoms with E-state index in [-0.39, 0.29) is 18.6 Å². The summed E-state index contributed by atoms with van der Waals surface area (Å²) in [7, 11) is 2.39. The van der Waals surface area contributed by atoms with Crippen LogP contribution < -0.4 is 0 Å². The summed E-state index contributed by atoms with van der Waals surface area (Å²) in [6, 6.07) is 1.93. The molecule has 2 aliphatic carbocycles. The molecule has 0 aliphatic heterocycles. The van der Waals surface area contributed by atoms with Crippen molar-refractivity contribution in [2.24, 2.45) is 17.3 Å². The Bertz CT molecular complexity index is 512. The second-order valence-electron chi connectivity index (χ2n) is 4.78. The molecule has 0 unspecified atom stereocenters.